The first-order chi connectivity index (χ1) is 15.1. The van der Waals surface area contributed by atoms with Crippen LogP contribution in [0.15, 0.2) is 83.5 Å². The van der Waals surface area contributed by atoms with Crippen LogP contribution in [0.25, 0.3) is 33.0 Å². The third-order valence-corrected chi connectivity index (χ3v) is 6.56. The van der Waals surface area contributed by atoms with E-state index in [1.807, 2.05) is 0 Å². The molecule has 0 unspecified atom stereocenters. The standard InChI is InChI=1S/C28H23N3/c1-16-19-10-4-7-13-22(19)29-26(16)25(27-17(2)20-11-5-8-14-23(20)30-27)28-18(3)21-12-6-9-15-24(21)31-28/h4-15,29-30H,1-3H3. The molecule has 6 rings (SSSR count). The fourth-order valence-electron chi connectivity index (χ4n) is 4.89. The van der Waals surface area contributed by atoms with E-state index in [-0.39, 0.29) is 0 Å². The highest BCUT2D eigenvalue weighted by atomic mass is 14.8. The molecule has 31 heavy (non-hydrogen) atoms. The van der Waals surface area contributed by atoms with E-state index in [0.29, 0.717) is 0 Å². The van der Waals surface area contributed by atoms with Crippen molar-refractivity contribution in [2.75, 3.05) is 0 Å². The van der Waals surface area contributed by atoms with Gasteiger partial charge in [-0.2, -0.15) is 0 Å². The van der Waals surface area contributed by atoms with Gasteiger partial charge in [-0.15, -0.1) is 0 Å². The molecule has 3 heterocycles. The molecular formula is C28H23N3. The Morgan fingerprint density at radius 1 is 0.645 bits per heavy atom. The number of aromatic amines is 2. The quantitative estimate of drug-likeness (QED) is 0.391. The highest BCUT2D eigenvalue weighted by Gasteiger charge is 2.24. The molecule has 5 aromatic rings. The lowest BCUT2D eigenvalue weighted by atomic mass is 9.96. The molecule has 3 aromatic carbocycles. The first-order valence-electron chi connectivity index (χ1n) is 10.7. The summed E-state index contributed by atoms with van der Waals surface area (Å²) in [6, 6.07) is 25.4. The maximum atomic E-state index is 5.11. The van der Waals surface area contributed by atoms with Crippen LogP contribution in [0.3, 0.4) is 0 Å². The Balaban J connectivity index is 1.77. The number of nitrogens with zero attached hydrogens (tertiary/aromatic N) is 1. The molecule has 2 aromatic heterocycles. The van der Waals surface area contributed by atoms with E-state index < -0.39 is 0 Å². The Morgan fingerprint density at radius 2 is 1.16 bits per heavy atom. The number of fused-ring (bicyclic) bond motifs is 3. The first-order valence-corrected chi connectivity index (χ1v) is 10.7. The van der Waals surface area contributed by atoms with Crippen molar-refractivity contribution in [3.05, 3.63) is 112 Å². The van der Waals surface area contributed by atoms with Crippen LogP contribution in [0, 0.1) is 13.8 Å². The van der Waals surface area contributed by atoms with Gasteiger partial charge in [0.1, 0.15) is 0 Å². The van der Waals surface area contributed by atoms with Crippen LogP contribution in [0.5, 0.6) is 0 Å². The summed E-state index contributed by atoms with van der Waals surface area (Å²) in [6.07, 6.45) is 0. The highest BCUT2D eigenvalue weighted by molar-refractivity contribution is 5.99. The van der Waals surface area contributed by atoms with Gasteiger partial charge in [0.25, 0.3) is 0 Å². The van der Waals surface area contributed by atoms with Crippen molar-refractivity contribution in [1.82, 2.24) is 9.97 Å². The van der Waals surface area contributed by atoms with Crippen LogP contribution in [0.1, 0.15) is 29.4 Å². The van der Waals surface area contributed by atoms with Crippen LogP contribution in [0.4, 0.5) is 0 Å². The third-order valence-electron chi connectivity index (χ3n) is 6.56. The van der Waals surface area contributed by atoms with Crippen LogP contribution in [0.2, 0.25) is 0 Å². The molecule has 0 aliphatic carbocycles. The molecular weight excluding hydrogens is 378 g/mol. The Morgan fingerprint density at radius 3 is 1.71 bits per heavy atom. The van der Waals surface area contributed by atoms with Gasteiger partial charge in [-0.05, 0) is 55.7 Å². The maximum Gasteiger partial charge on any atom is 0.0787 e. The van der Waals surface area contributed by atoms with Gasteiger partial charge < -0.3 is 9.97 Å². The first kappa shape index (κ1) is 18.0. The van der Waals surface area contributed by atoms with E-state index in [2.05, 4.69) is 104 Å². The number of H-pyrrole nitrogens is 2. The van der Waals surface area contributed by atoms with Crippen LogP contribution >= 0.6 is 0 Å². The summed E-state index contributed by atoms with van der Waals surface area (Å²) >= 11 is 0. The van der Waals surface area contributed by atoms with Crippen molar-refractivity contribution in [1.29, 1.82) is 0 Å². The number of aryl methyl sites for hydroxylation is 2. The third kappa shape index (κ3) is 2.56. The summed E-state index contributed by atoms with van der Waals surface area (Å²) in [5.41, 5.74) is 10.4. The van der Waals surface area contributed by atoms with Crippen molar-refractivity contribution in [2.45, 2.75) is 20.8 Å². The Kier molecular flexibility index (Phi) is 3.81. The molecule has 2 N–H and O–H groups in total. The number of para-hydroxylation sites is 3. The van der Waals surface area contributed by atoms with Crippen LogP contribution in [-0.2, 0) is 0 Å². The summed E-state index contributed by atoms with van der Waals surface area (Å²) in [7, 11) is 0. The van der Waals surface area contributed by atoms with Crippen molar-refractivity contribution in [3.63, 3.8) is 0 Å². The summed E-state index contributed by atoms with van der Waals surface area (Å²) in [4.78, 5) is 12.5. The van der Waals surface area contributed by atoms with E-state index >= 15 is 0 Å². The average molecular weight is 402 g/mol. The van der Waals surface area contributed by atoms with E-state index in [0.717, 1.165) is 39.0 Å². The topological polar surface area (TPSA) is 43.9 Å². The minimum atomic E-state index is 1.03. The second-order valence-corrected chi connectivity index (χ2v) is 8.32. The summed E-state index contributed by atoms with van der Waals surface area (Å²) < 4.78 is 0. The number of benzene rings is 3. The largest absolute Gasteiger partial charge is 0.354 e. The summed E-state index contributed by atoms with van der Waals surface area (Å²) in [6.45, 7) is 6.58. The fourth-order valence-corrected chi connectivity index (χ4v) is 4.89. The van der Waals surface area contributed by atoms with Gasteiger partial charge in [-0.1, -0.05) is 54.6 Å². The van der Waals surface area contributed by atoms with Gasteiger partial charge >= 0.3 is 0 Å². The molecule has 3 nitrogen and oxygen atoms in total. The molecule has 0 atom stereocenters. The molecule has 0 amide bonds. The lowest BCUT2D eigenvalue weighted by Gasteiger charge is -2.12. The molecule has 150 valence electrons. The van der Waals surface area contributed by atoms with E-state index in [1.165, 1.54) is 32.7 Å². The number of hydrogen-bond donors (Lipinski definition) is 2. The Labute approximate surface area is 180 Å². The van der Waals surface area contributed by atoms with E-state index in [9.17, 15) is 0 Å². The molecule has 3 heteroatoms. The monoisotopic (exact) mass is 401 g/mol. The lowest BCUT2D eigenvalue weighted by molar-refractivity contribution is 1.24. The zero-order chi connectivity index (χ0) is 21.1. The predicted octanol–water partition coefficient (Wildman–Crippen LogP) is 5.53. The number of aromatic nitrogens is 2. The molecule has 0 spiro atoms. The molecule has 0 saturated carbocycles. The number of rotatable bonds is 2. The summed E-state index contributed by atoms with van der Waals surface area (Å²) in [5.74, 6) is 0. The maximum absolute atomic E-state index is 5.11. The molecule has 0 fully saturated rings. The van der Waals surface area contributed by atoms with Gasteiger partial charge in [0.05, 0.1) is 22.4 Å². The average Bonchev–Trinajstić information content (AvgIpc) is 3.43. The smallest absolute Gasteiger partial charge is 0.0787 e. The molecule has 1 aliphatic heterocycles. The second-order valence-electron chi connectivity index (χ2n) is 8.32. The van der Waals surface area contributed by atoms with Crippen molar-refractivity contribution < 1.29 is 0 Å². The van der Waals surface area contributed by atoms with Crippen LogP contribution < -0.4 is 10.6 Å². The number of hydrogen-bond acceptors (Lipinski definition) is 1. The minimum absolute atomic E-state index is 1.03. The fraction of sp³-hybridized carbons (Fsp3) is 0.107. The van der Waals surface area contributed by atoms with Crippen molar-refractivity contribution in [3.8, 4) is 0 Å². The zero-order valence-corrected chi connectivity index (χ0v) is 17.9. The highest BCUT2D eigenvalue weighted by Crippen LogP contribution is 2.38. The van der Waals surface area contributed by atoms with E-state index in [1.54, 1.807) is 0 Å². The second kappa shape index (κ2) is 6.58. The molecule has 0 saturated heterocycles. The van der Waals surface area contributed by atoms with Gasteiger partial charge in [-0.25, -0.2) is 4.99 Å². The number of nitrogens with one attached hydrogen (secondary N) is 2. The van der Waals surface area contributed by atoms with Crippen molar-refractivity contribution in [2.24, 2.45) is 4.99 Å². The molecule has 0 bridgehead atoms. The van der Waals surface area contributed by atoms with Gasteiger partial charge in [-0.3, -0.25) is 0 Å². The van der Waals surface area contributed by atoms with Gasteiger partial charge in [0, 0.05) is 32.6 Å². The van der Waals surface area contributed by atoms with Gasteiger partial charge in [0.2, 0.25) is 0 Å². The van der Waals surface area contributed by atoms with Gasteiger partial charge in [0.15, 0.2) is 0 Å². The van der Waals surface area contributed by atoms with E-state index in [4.69, 9.17) is 4.99 Å². The SMILES string of the molecule is CC1=c2ccccc2=NC1=C(c1[nH]c2ccccc2c1C)c1[nH]c2ccccc2c1C. The van der Waals surface area contributed by atoms with Crippen LogP contribution in [-0.4, -0.2) is 9.97 Å². The molecule has 0 radical (unpaired) electrons. The number of allylic oxidation sites excluding steroid dienone is 1. The Bertz CT molecular complexity index is 1580. The Hall–Kier alpha value is -3.85. The minimum Gasteiger partial charge on any atom is -0.354 e. The zero-order valence-electron chi connectivity index (χ0n) is 17.9. The predicted molar refractivity (Wildman–Crippen MR) is 128 cm³/mol. The normalized spacial score (nSPS) is 13.1. The van der Waals surface area contributed by atoms with Crippen molar-refractivity contribution >= 4 is 33.0 Å². The summed E-state index contributed by atoms with van der Waals surface area (Å²) in [5, 5.41) is 4.74. The lowest BCUT2D eigenvalue weighted by Crippen LogP contribution is -2.21. The molecule has 1 aliphatic rings.